The first-order chi connectivity index (χ1) is 18.7. The van der Waals surface area contributed by atoms with Gasteiger partial charge in [0.05, 0.1) is 30.2 Å². The number of nitrogens with zero attached hydrogens (tertiary/aromatic N) is 7. The topological polar surface area (TPSA) is 109 Å². The molecule has 6 rings (SSSR count). The van der Waals surface area contributed by atoms with Gasteiger partial charge in [0, 0.05) is 61.1 Å². The number of benzene rings is 1. The smallest absolute Gasteiger partial charge is 0.409 e. The normalized spacial score (nSPS) is 16.1. The SMILES string of the molecule is COC(=O)N1CCC(c2ccc(Nc3nccc(-c4ccc5nc(N6CCCC6)ncc5c4)n3)cn2)CC1. The van der Waals surface area contributed by atoms with Gasteiger partial charge < -0.3 is 19.9 Å². The average Bonchev–Trinajstić information content (AvgIpc) is 3.52. The summed E-state index contributed by atoms with van der Waals surface area (Å²) in [6.45, 7) is 3.41. The van der Waals surface area contributed by atoms with E-state index in [0.29, 0.717) is 25.0 Å². The predicted octanol–water partition coefficient (Wildman–Crippen LogP) is 4.77. The minimum absolute atomic E-state index is 0.262. The van der Waals surface area contributed by atoms with Gasteiger partial charge in [-0.3, -0.25) is 4.98 Å². The van der Waals surface area contributed by atoms with E-state index in [4.69, 9.17) is 14.7 Å². The summed E-state index contributed by atoms with van der Waals surface area (Å²) in [6.07, 6.45) is 9.33. The lowest BCUT2D eigenvalue weighted by molar-refractivity contribution is 0.112. The van der Waals surface area contributed by atoms with E-state index in [0.717, 1.165) is 65.4 Å². The van der Waals surface area contributed by atoms with Gasteiger partial charge in [-0.25, -0.2) is 24.7 Å². The van der Waals surface area contributed by atoms with E-state index in [1.54, 1.807) is 11.1 Å². The van der Waals surface area contributed by atoms with E-state index >= 15 is 0 Å². The second-order valence-corrected chi connectivity index (χ2v) is 9.73. The fourth-order valence-corrected chi connectivity index (χ4v) is 5.17. The third-order valence-corrected chi connectivity index (χ3v) is 7.30. The fraction of sp³-hybridized carbons (Fsp3) is 0.357. The molecule has 1 N–H and O–H groups in total. The van der Waals surface area contributed by atoms with Crippen LogP contribution in [0, 0.1) is 0 Å². The van der Waals surface area contributed by atoms with Gasteiger partial charge in [0.1, 0.15) is 0 Å². The molecule has 194 valence electrons. The van der Waals surface area contributed by atoms with Crippen LogP contribution >= 0.6 is 0 Å². The van der Waals surface area contributed by atoms with Crippen molar-refractivity contribution in [1.29, 1.82) is 0 Å². The Morgan fingerprint density at radius 1 is 0.947 bits per heavy atom. The number of nitrogens with one attached hydrogen (secondary N) is 1. The van der Waals surface area contributed by atoms with Gasteiger partial charge in [0.2, 0.25) is 11.9 Å². The van der Waals surface area contributed by atoms with Crippen LogP contribution in [0.15, 0.2) is 55.0 Å². The van der Waals surface area contributed by atoms with Crippen molar-refractivity contribution >= 4 is 34.6 Å². The molecule has 2 aliphatic rings. The molecule has 0 unspecified atom stereocenters. The molecule has 0 saturated carbocycles. The molecule has 5 heterocycles. The van der Waals surface area contributed by atoms with Gasteiger partial charge in [-0.1, -0.05) is 6.07 Å². The first-order valence-electron chi connectivity index (χ1n) is 13.1. The molecule has 10 heteroatoms. The second-order valence-electron chi connectivity index (χ2n) is 9.73. The minimum Gasteiger partial charge on any atom is -0.453 e. The number of likely N-dealkylation sites (tertiary alicyclic amines) is 1. The molecule has 0 atom stereocenters. The van der Waals surface area contributed by atoms with E-state index in [9.17, 15) is 4.79 Å². The molecule has 38 heavy (non-hydrogen) atoms. The number of pyridine rings is 1. The van der Waals surface area contributed by atoms with Crippen LogP contribution in [0.4, 0.5) is 22.4 Å². The van der Waals surface area contributed by atoms with Gasteiger partial charge in [0.25, 0.3) is 0 Å². The van der Waals surface area contributed by atoms with Crippen LogP contribution in [0.5, 0.6) is 0 Å². The maximum absolute atomic E-state index is 11.7. The van der Waals surface area contributed by atoms with Crippen molar-refractivity contribution in [3.05, 3.63) is 60.7 Å². The number of amides is 1. The molecular weight excluding hydrogens is 480 g/mol. The van der Waals surface area contributed by atoms with E-state index in [2.05, 4.69) is 31.2 Å². The van der Waals surface area contributed by atoms with Crippen molar-refractivity contribution in [3.63, 3.8) is 0 Å². The van der Waals surface area contributed by atoms with Crippen molar-refractivity contribution in [3.8, 4) is 11.3 Å². The Morgan fingerprint density at radius 2 is 1.79 bits per heavy atom. The van der Waals surface area contributed by atoms with Crippen LogP contribution in [0.1, 0.15) is 37.3 Å². The zero-order valence-electron chi connectivity index (χ0n) is 21.4. The molecular formula is C28H30N8O2. The summed E-state index contributed by atoms with van der Waals surface area (Å²) < 4.78 is 4.82. The summed E-state index contributed by atoms with van der Waals surface area (Å²) in [4.78, 5) is 38.8. The van der Waals surface area contributed by atoms with Gasteiger partial charge in [-0.05, 0) is 56.0 Å². The van der Waals surface area contributed by atoms with E-state index < -0.39 is 0 Å². The Bertz CT molecular complexity index is 1430. The number of hydrogen-bond donors (Lipinski definition) is 1. The van der Waals surface area contributed by atoms with E-state index in [-0.39, 0.29) is 6.09 Å². The number of ether oxygens (including phenoxy) is 1. The van der Waals surface area contributed by atoms with E-state index in [1.165, 1.54) is 20.0 Å². The van der Waals surface area contributed by atoms with Gasteiger partial charge in [0.15, 0.2) is 0 Å². The maximum atomic E-state index is 11.7. The Morgan fingerprint density at radius 3 is 2.55 bits per heavy atom. The molecule has 2 saturated heterocycles. The van der Waals surface area contributed by atoms with Gasteiger partial charge >= 0.3 is 6.09 Å². The number of rotatable bonds is 5. The van der Waals surface area contributed by atoms with Crippen molar-refractivity contribution in [1.82, 2.24) is 29.8 Å². The largest absolute Gasteiger partial charge is 0.453 e. The molecule has 0 aliphatic carbocycles. The van der Waals surface area contributed by atoms with Crippen molar-refractivity contribution in [2.45, 2.75) is 31.6 Å². The lowest BCUT2D eigenvalue weighted by atomic mass is 9.93. The number of methoxy groups -OCH3 is 1. The minimum atomic E-state index is -0.262. The monoisotopic (exact) mass is 510 g/mol. The van der Waals surface area contributed by atoms with Crippen LogP contribution in [0.25, 0.3) is 22.2 Å². The molecule has 0 spiro atoms. The Labute approximate surface area is 221 Å². The highest BCUT2D eigenvalue weighted by Crippen LogP contribution is 2.28. The lowest BCUT2D eigenvalue weighted by Crippen LogP contribution is -2.37. The third-order valence-electron chi connectivity index (χ3n) is 7.30. The number of fused-ring (bicyclic) bond motifs is 1. The molecule has 4 aromatic rings. The predicted molar refractivity (Wildman–Crippen MR) is 145 cm³/mol. The Kier molecular flexibility index (Phi) is 6.68. The fourth-order valence-electron chi connectivity index (χ4n) is 5.17. The first kappa shape index (κ1) is 24.0. The summed E-state index contributed by atoms with van der Waals surface area (Å²) in [5, 5.41) is 4.25. The quantitative estimate of drug-likeness (QED) is 0.406. The summed E-state index contributed by atoms with van der Waals surface area (Å²) in [5.74, 6) is 1.64. The number of hydrogen-bond acceptors (Lipinski definition) is 9. The van der Waals surface area contributed by atoms with Gasteiger partial charge in [-0.2, -0.15) is 0 Å². The Balaban J connectivity index is 1.13. The summed E-state index contributed by atoms with van der Waals surface area (Å²) in [5.41, 5.74) is 4.57. The Hall–Kier alpha value is -4.34. The lowest BCUT2D eigenvalue weighted by Gasteiger charge is -2.30. The maximum Gasteiger partial charge on any atom is 0.409 e. The van der Waals surface area contributed by atoms with Crippen LogP contribution < -0.4 is 10.2 Å². The highest BCUT2D eigenvalue weighted by Gasteiger charge is 2.25. The number of carbonyl (C=O) groups is 1. The molecule has 10 nitrogen and oxygen atoms in total. The van der Waals surface area contributed by atoms with Crippen molar-refractivity contribution < 1.29 is 9.53 Å². The number of piperidine rings is 1. The summed E-state index contributed by atoms with van der Waals surface area (Å²) >= 11 is 0. The standard InChI is InChI=1S/C28H30N8O2/c1-38-28(37)36-14-9-19(10-15-36)23-7-5-22(18-30-23)32-26-29-11-8-25(33-26)20-4-6-24-21(16-20)17-31-27(34-24)35-12-2-3-13-35/h4-8,11,16-19H,2-3,9-10,12-15H2,1H3,(H,29,32,33). The van der Waals surface area contributed by atoms with Crippen LogP contribution in [-0.2, 0) is 4.74 Å². The van der Waals surface area contributed by atoms with E-state index in [1.807, 2.05) is 42.7 Å². The zero-order valence-corrected chi connectivity index (χ0v) is 21.4. The molecule has 3 aromatic heterocycles. The summed E-state index contributed by atoms with van der Waals surface area (Å²) in [6, 6.07) is 12.1. The van der Waals surface area contributed by atoms with Crippen molar-refractivity contribution in [2.75, 3.05) is 43.5 Å². The molecule has 1 amide bonds. The van der Waals surface area contributed by atoms with Crippen LogP contribution in [-0.4, -0.2) is 69.2 Å². The molecule has 1 aromatic carbocycles. The highest BCUT2D eigenvalue weighted by molar-refractivity contribution is 5.84. The third kappa shape index (κ3) is 5.06. The van der Waals surface area contributed by atoms with Crippen molar-refractivity contribution in [2.24, 2.45) is 0 Å². The molecule has 0 radical (unpaired) electrons. The van der Waals surface area contributed by atoms with Crippen LogP contribution in [0.2, 0.25) is 0 Å². The first-order valence-corrected chi connectivity index (χ1v) is 13.1. The number of carbonyl (C=O) groups excluding carboxylic acids is 1. The summed E-state index contributed by atoms with van der Waals surface area (Å²) in [7, 11) is 1.42. The second kappa shape index (κ2) is 10.6. The molecule has 0 bridgehead atoms. The highest BCUT2D eigenvalue weighted by atomic mass is 16.5. The zero-order chi connectivity index (χ0) is 25.9. The average molecular weight is 511 g/mol. The number of anilines is 3. The van der Waals surface area contributed by atoms with Gasteiger partial charge in [-0.15, -0.1) is 0 Å². The molecule has 2 fully saturated rings. The number of aromatic nitrogens is 5. The molecule has 2 aliphatic heterocycles. The van der Waals surface area contributed by atoms with Crippen LogP contribution in [0.3, 0.4) is 0 Å².